The molecule has 0 aromatic heterocycles. The van der Waals surface area contributed by atoms with E-state index in [2.05, 4.69) is 126 Å². The van der Waals surface area contributed by atoms with Crippen LogP contribution in [-0.4, -0.2) is 6.29 Å². The molecule has 2 rings (SSSR count). The lowest BCUT2D eigenvalue weighted by atomic mass is 9.79. The summed E-state index contributed by atoms with van der Waals surface area (Å²) >= 11 is 0. The first-order valence-electron chi connectivity index (χ1n) is 11.8. The summed E-state index contributed by atoms with van der Waals surface area (Å²) in [5, 5.41) is 0. The number of ether oxygens (including phenoxy) is 2. The van der Waals surface area contributed by atoms with Gasteiger partial charge in [0, 0.05) is 6.92 Å². The van der Waals surface area contributed by atoms with Gasteiger partial charge in [-0.1, -0.05) is 119 Å². The molecule has 0 aliphatic heterocycles. The van der Waals surface area contributed by atoms with Crippen LogP contribution in [0.5, 0.6) is 11.5 Å². The molecule has 2 aromatic carbocycles. The normalized spacial score (nSPS) is 13.4. The lowest BCUT2D eigenvalue weighted by molar-refractivity contribution is 0.0386. The molecule has 2 nitrogen and oxygen atoms in total. The third-order valence-electron chi connectivity index (χ3n) is 5.76. The lowest BCUT2D eigenvalue weighted by Gasteiger charge is -2.33. The Labute approximate surface area is 197 Å². The first-order valence-corrected chi connectivity index (χ1v) is 11.8. The number of para-hydroxylation sites is 2. The van der Waals surface area contributed by atoms with E-state index < -0.39 is 6.29 Å². The van der Waals surface area contributed by atoms with Crippen LogP contribution in [0.4, 0.5) is 0 Å². The van der Waals surface area contributed by atoms with E-state index in [4.69, 9.17) is 9.47 Å². The molecule has 2 heteroatoms. The quantitative estimate of drug-likeness (QED) is 0.446. The van der Waals surface area contributed by atoms with Crippen LogP contribution in [0.15, 0.2) is 36.4 Å². The molecular weight excluding hydrogens is 392 g/mol. The summed E-state index contributed by atoms with van der Waals surface area (Å²) in [5.41, 5.74) is 4.44. The zero-order chi connectivity index (χ0) is 24.7. The molecule has 0 atom stereocenters. The molecule has 0 bridgehead atoms. The van der Waals surface area contributed by atoms with Gasteiger partial charge in [0.05, 0.1) is 0 Å². The van der Waals surface area contributed by atoms with Gasteiger partial charge < -0.3 is 9.47 Å². The predicted octanol–water partition coefficient (Wildman–Crippen LogP) is 8.49. The highest BCUT2D eigenvalue weighted by Gasteiger charge is 2.30. The van der Waals surface area contributed by atoms with Crippen LogP contribution in [0.25, 0.3) is 0 Å². The fraction of sp³-hybridized carbons (Fsp3) is 0.567. The minimum absolute atomic E-state index is 0.0593. The maximum atomic E-state index is 6.54. The second-order valence-electron chi connectivity index (χ2n) is 13.0. The predicted molar refractivity (Wildman–Crippen MR) is 138 cm³/mol. The molecule has 0 aliphatic carbocycles. The Morgan fingerprint density at radius 1 is 0.500 bits per heavy atom. The van der Waals surface area contributed by atoms with Crippen LogP contribution in [0.2, 0.25) is 0 Å². The third kappa shape index (κ3) is 6.09. The van der Waals surface area contributed by atoms with Gasteiger partial charge in [0.2, 0.25) is 6.29 Å². The van der Waals surface area contributed by atoms with Crippen molar-refractivity contribution in [2.45, 2.75) is 111 Å². The second-order valence-corrected chi connectivity index (χ2v) is 13.0. The topological polar surface area (TPSA) is 18.5 Å². The van der Waals surface area contributed by atoms with Gasteiger partial charge in [-0.05, 0) is 43.9 Å². The number of benzene rings is 2. The third-order valence-corrected chi connectivity index (χ3v) is 5.76. The summed E-state index contributed by atoms with van der Waals surface area (Å²) in [4.78, 5) is 0. The monoisotopic (exact) mass is 437 g/mol. The fourth-order valence-electron chi connectivity index (χ4n) is 3.98. The van der Waals surface area contributed by atoms with E-state index >= 15 is 0 Å². The Bertz CT molecular complexity index is 783. The standard InChI is InChI=1S/C30H45O2/c1-20(31-25-21(27(2,3)4)16-14-17-22(25)28(5,6)7)32-26-23(29(8,9)10)18-15-19-24(26)30(11,12)13/h14-20H,1H2,2-13H3. The van der Waals surface area contributed by atoms with E-state index in [-0.39, 0.29) is 21.7 Å². The highest BCUT2D eigenvalue weighted by atomic mass is 16.7. The Hall–Kier alpha value is -1.96. The van der Waals surface area contributed by atoms with Gasteiger partial charge in [0.1, 0.15) is 11.5 Å². The summed E-state index contributed by atoms with van der Waals surface area (Å²) in [6.07, 6.45) is -0.677. The van der Waals surface area contributed by atoms with Crippen molar-refractivity contribution in [1.29, 1.82) is 0 Å². The van der Waals surface area contributed by atoms with Crippen molar-refractivity contribution in [3.8, 4) is 11.5 Å². The molecule has 0 N–H and O–H groups in total. The van der Waals surface area contributed by atoms with E-state index in [0.717, 1.165) is 11.5 Å². The smallest absolute Gasteiger partial charge is 0.241 e. The van der Waals surface area contributed by atoms with Crippen molar-refractivity contribution in [3.63, 3.8) is 0 Å². The van der Waals surface area contributed by atoms with E-state index in [0.29, 0.717) is 0 Å². The summed E-state index contributed by atoms with van der Waals surface area (Å²) in [6, 6.07) is 12.9. The zero-order valence-corrected chi connectivity index (χ0v) is 22.6. The van der Waals surface area contributed by atoms with E-state index in [1.54, 1.807) is 0 Å². The molecule has 0 saturated heterocycles. The number of hydrogen-bond donors (Lipinski definition) is 0. The first kappa shape index (κ1) is 26.3. The van der Waals surface area contributed by atoms with Crippen molar-refractivity contribution in [2.24, 2.45) is 0 Å². The van der Waals surface area contributed by atoms with Crippen molar-refractivity contribution in [2.75, 3.05) is 0 Å². The van der Waals surface area contributed by atoms with Crippen LogP contribution in [-0.2, 0) is 21.7 Å². The SMILES string of the molecule is [CH2]C(Oc1c(C(C)(C)C)cccc1C(C)(C)C)Oc1c(C(C)(C)C)cccc1C(C)(C)C. The van der Waals surface area contributed by atoms with Crippen LogP contribution in [0.3, 0.4) is 0 Å². The Kier molecular flexibility index (Phi) is 7.20. The molecule has 1 radical (unpaired) electrons. The Morgan fingerprint density at radius 3 is 0.906 bits per heavy atom. The molecule has 32 heavy (non-hydrogen) atoms. The minimum atomic E-state index is -0.677. The molecule has 0 heterocycles. The van der Waals surface area contributed by atoms with E-state index in [9.17, 15) is 0 Å². The number of hydrogen-bond acceptors (Lipinski definition) is 2. The van der Waals surface area contributed by atoms with Gasteiger partial charge in [-0.25, -0.2) is 0 Å². The fourth-order valence-corrected chi connectivity index (χ4v) is 3.98. The Morgan fingerprint density at radius 2 is 0.719 bits per heavy atom. The molecule has 2 aromatic rings. The van der Waals surface area contributed by atoms with Crippen molar-refractivity contribution < 1.29 is 9.47 Å². The first-order chi connectivity index (χ1) is 14.3. The molecule has 177 valence electrons. The molecule has 0 spiro atoms. The average molecular weight is 438 g/mol. The second kappa shape index (κ2) is 8.76. The maximum absolute atomic E-state index is 6.54. The lowest BCUT2D eigenvalue weighted by Crippen LogP contribution is -2.28. The molecule has 0 amide bonds. The van der Waals surface area contributed by atoms with Crippen molar-refractivity contribution >= 4 is 0 Å². The van der Waals surface area contributed by atoms with Crippen molar-refractivity contribution in [3.05, 3.63) is 65.6 Å². The molecule has 0 fully saturated rings. The van der Waals surface area contributed by atoms with E-state index in [1.165, 1.54) is 22.3 Å². The van der Waals surface area contributed by atoms with Crippen molar-refractivity contribution in [1.82, 2.24) is 0 Å². The van der Waals surface area contributed by atoms with Gasteiger partial charge >= 0.3 is 0 Å². The molecule has 0 unspecified atom stereocenters. The van der Waals surface area contributed by atoms with Crippen LogP contribution in [0, 0.1) is 6.92 Å². The summed E-state index contributed by atoms with van der Waals surface area (Å²) in [5.74, 6) is 1.77. The van der Waals surface area contributed by atoms with E-state index in [1.807, 2.05) is 0 Å². The van der Waals surface area contributed by atoms with Crippen LogP contribution < -0.4 is 9.47 Å². The Balaban J connectivity index is 2.57. The molecular formula is C30H45O2. The highest BCUT2D eigenvalue weighted by Crippen LogP contribution is 2.42. The molecule has 0 saturated carbocycles. The summed E-state index contributed by atoms with van der Waals surface area (Å²) in [7, 11) is 0. The van der Waals surface area contributed by atoms with Crippen LogP contribution >= 0.6 is 0 Å². The minimum Gasteiger partial charge on any atom is -0.454 e. The maximum Gasteiger partial charge on any atom is 0.241 e. The number of rotatable bonds is 4. The summed E-state index contributed by atoms with van der Waals surface area (Å²) < 4.78 is 13.1. The highest BCUT2D eigenvalue weighted by molar-refractivity contribution is 5.50. The largest absolute Gasteiger partial charge is 0.454 e. The van der Waals surface area contributed by atoms with Gasteiger partial charge in [-0.15, -0.1) is 0 Å². The molecule has 0 aliphatic rings. The summed E-state index contributed by atoms with van der Waals surface area (Å²) in [6.45, 7) is 30.9. The average Bonchev–Trinajstić information content (AvgIpc) is 2.58. The van der Waals surface area contributed by atoms with Gasteiger partial charge in [-0.3, -0.25) is 0 Å². The van der Waals surface area contributed by atoms with Crippen LogP contribution in [0.1, 0.15) is 105 Å². The van der Waals surface area contributed by atoms with Gasteiger partial charge in [0.25, 0.3) is 0 Å². The van der Waals surface area contributed by atoms with Gasteiger partial charge in [-0.2, -0.15) is 0 Å². The van der Waals surface area contributed by atoms with Gasteiger partial charge in [0.15, 0.2) is 0 Å². The zero-order valence-electron chi connectivity index (χ0n) is 22.6.